The minimum absolute atomic E-state index is 0.293. The Hall–Kier alpha value is -1.84. The first-order valence-corrected chi connectivity index (χ1v) is 12.5. The largest absolute Gasteiger partial charge is 0.462 e. The number of rotatable bonds is 16. The number of ether oxygens (including phenoxy) is 2. The third-order valence-electron chi connectivity index (χ3n) is 4.83. The van der Waals surface area contributed by atoms with Gasteiger partial charge < -0.3 is 9.47 Å². The van der Waals surface area contributed by atoms with Gasteiger partial charge in [0, 0.05) is 0 Å². The zero-order chi connectivity index (χ0) is 23.2. The van der Waals surface area contributed by atoms with Gasteiger partial charge in [-0.3, -0.25) is 0 Å². The predicted octanol–water partition coefficient (Wildman–Crippen LogP) is 8.14. The molecule has 4 heteroatoms. The first-order valence-electron chi connectivity index (χ1n) is 12.5. The van der Waals surface area contributed by atoms with Crippen molar-refractivity contribution >= 4 is 11.9 Å². The van der Waals surface area contributed by atoms with E-state index in [1.165, 1.54) is 57.8 Å². The van der Waals surface area contributed by atoms with Gasteiger partial charge in [0.25, 0.3) is 0 Å². The third-order valence-corrected chi connectivity index (χ3v) is 4.83. The molecule has 0 saturated heterocycles. The van der Waals surface area contributed by atoms with Crippen LogP contribution in [0.25, 0.3) is 0 Å². The van der Waals surface area contributed by atoms with Crippen molar-refractivity contribution in [2.45, 2.75) is 111 Å². The molecule has 178 valence electrons. The lowest BCUT2D eigenvalue weighted by Gasteiger charge is -2.10. The van der Waals surface area contributed by atoms with E-state index in [0.29, 0.717) is 24.3 Å². The SMILES string of the molecule is CCC.CCCCCCCCOC(=O)c1ccccc1C(=O)OCCCCCCCC. The van der Waals surface area contributed by atoms with Gasteiger partial charge in [-0.2, -0.15) is 0 Å². The Morgan fingerprint density at radius 3 is 1.26 bits per heavy atom. The summed E-state index contributed by atoms with van der Waals surface area (Å²) in [5, 5.41) is 0. The second-order valence-corrected chi connectivity index (χ2v) is 8.06. The molecule has 31 heavy (non-hydrogen) atoms. The van der Waals surface area contributed by atoms with Crippen molar-refractivity contribution in [1.29, 1.82) is 0 Å². The summed E-state index contributed by atoms with van der Waals surface area (Å²) < 4.78 is 10.7. The van der Waals surface area contributed by atoms with Crippen LogP contribution in [-0.2, 0) is 9.47 Å². The molecule has 0 atom stereocenters. The molecular weight excluding hydrogens is 388 g/mol. The molecule has 0 fully saturated rings. The topological polar surface area (TPSA) is 52.6 Å². The van der Waals surface area contributed by atoms with Crippen LogP contribution < -0.4 is 0 Å². The summed E-state index contributed by atoms with van der Waals surface area (Å²) in [4.78, 5) is 24.7. The molecule has 0 heterocycles. The second kappa shape index (κ2) is 21.4. The van der Waals surface area contributed by atoms with Crippen LogP contribution in [0.2, 0.25) is 0 Å². The maximum atomic E-state index is 12.4. The fourth-order valence-electron chi connectivity index (χ4n) is 3.09. The van der Waals surface area contributed by atoms with Crippen LogP contribution in [-0.4, -0.2) is 25.2 Å². The predicted molar refractivity (Wildman–Crippen MR) is 130 cm³/mol. The van der Waals surface area contributed by atoms with Gasteiger partial charge in [0.2, 0.25) is 0 Å². The van der Waals surface area contributed by atoms with Gasteiger partial charge in [-0.25, -0.2) is 9.59 Å². The molecule has 0 bridgehead atoms. The van der Waals surface area contributed by atoms with Crippen LogP contribution in [0, 0.1) is 0 Å². The number of carbonyl (C=O) groups excluding carboxylic acids is 2. The molecule has 0 aromatic heterocycles. The lowest BCUT2D eigenvalue weighted by atomic mass is 10.1. The smallest absolute Gasteiger partial charge is 0.339 e. The Kier molecular flexibility index (Phi) is 20.1. The van der Waals surface area contributed by atoms with Crippen molar-refractivity contribution < 1.29 is 19.1 Å². The van der Waals surface area contributed by atoms with Gasteiger partial charge in [0.05, 0.1) is 24.3 Å². The number of unbranched alkanes of at least 4 members (excludes halogenated alkanes) is 10. The zero-order valence-electron chi connectivity index (χ0n) is 20.5. The summed E-state index contributed by atoms with van der Waals surface area (Å²) in [7, 11) is 0. The molecule has 1 aromatic carbocycles. The second-order valence-electron chi connectivity index (χ2n) is 8.06. The van der Waals surface area contributed by atoms with Crippen LogP contribution in [0.4, 0.5) is 0 Å². The van der Waals surface area contributed by atoms with Crippen molar-refractivity contribution in [2.75, 3.05) is 13.2 Å². The van der Waals surface area contributed by atoms with Crippen molar-refractivity contribution in [3.05, 3.63) is 35.4 Å². The van der Waals surface area contributed by atoms with E-state index in [1.54, 1.807) is 24.3 Å². The molecule has 1 aromatic rings. The van der Waals surface area contributed by atoms with E-state index in [9.17, 15) is 9.59 Å². The van der Waals surface area contributed by atoms with E-state index < -0.39 is 11.9 Å². The number of hydrogen-bond donors (Lipinski definition) is 0. The number of hydrogen-bond acceptors (Lipinski definition) is 4. The Balaban J connectivity index is 0.00000282. The van der Waals surface area contributed by atoms with Gasteiger partial charge in [0.1, 0.15) is 0 Å². The normalized spacial score (nSPS) is 10.2. The molecule has 0 aliphatic carbocycles. The average Bonchev–Trinajstić information content (AvgIpc) is 2.78. The minimum atomic E-state index is -0.444. The molecule has 0 aliphatic rings. The summed E-state index contributed by atoms with van der Waals surface area (Å²) in [5.41, 5.74) is 0.586. The van der Waals surface area contributed by atoms with Crippen LogP contribution in [0.5, 0.6) is 0 Å². The molecular formula is C27H46O4. The molecule has 0 spiro atoms. The lowest BCUT2D eigenvalue weighted by Crippen LogP contribution is -2.15. The summed E-state index contributed by atoms with van der Waals surface area (Å²) in [6.07, 6.45) is 14.9. The third kappa shape index (κ3) is 15.6. The quantitative estimate of drug-likeness (QED) is 0.195. The van der Waals surface area contributed by atoms with Crippen molar-refractivity contribution in [3.63, 3.8) is 0 Å². The number of carbonyl (C=O) groups is 2. The van der Waals surface area contributed by atoms with E-state index in [0.717, 1.165) is 25.7 Å². The fraction of sp³-hybridized carbons (Fsp3) is 0.704. The van der Waals surface area contributed by atoms with Gasteiger partial charge >= 0.3 is 11.9 Å². The van der Waals surface area contributed by atoms with E-state index in [2.05, 4.69) is 27.7 Å². The van der Waals surface area contributed by atoms with Gasteiger partial charge in [-0.15, -0.1) is 0 Å². The molecule has 0 unspecified atom stereocenters. The molecule has 1 rings (SSSR count). The van der Waals surface area contributed by atoms with Gasteiger partial charge in [-0.1, -0.05) is 110 Å². The highest BCUT2D eigenvalue weighted by atomic mass is 16.5. The molecule has 0 aliphatic heterocycles. The Labute approximate surface area is 191 Å². The van der Waals surface area contributed by atoms with E-state index >= 15 is 0 Å². The monoisotopic (exact) mass is 434 g/mol. The average molecular weight is 435 g/mol. The van der Waals surface area contributed by atoms with E-state index in [1.807, 2.05) is 0 Å². The maximum Gasteiger partial charge on any atom is 0.339 e. The highest BCUT2D eigenvalue weighted by molar-refractivity contribution is 6.03. The van der Waals surface area contributed by atoms with E-state index in [4.69, 9.17) is 9.47 Å². The molecule has 0 amide bonds. The first-order chi connectivity index (χ1) is 15.1. The summed E-state index contributed by atoms with van der Waals surface area (Å²) in [6, 6.07) is 6.74. The lowest BCUT2D eigenvalue weighted by molar-refractivity contribution is 0.0450. The van der Waals surface area contributed by atoms with Crippen molar-refractivity contribution in [3.8, 4) is 0 Å². The zero-order valence-corrected chi connectivity index (χ0v) is 20.5. The Morgan fingerprint density at radius 2 is 0.903 bits per heavy atom. The van der Waals surface area contributed by atoms with Gasteiger partial charge in [-0.05, 0) is 25.0 Å². The number of esters is 2. The number of benzene rings is 1. The molecule has 0 saturated carbocycles. The fourth-order valence-corrected chi connectivity index (χ4v) is 3.09. The Morgan fingerprint density at radius 1 is 0.581 bits per heavy atom. The van der Waals surface area contributed by atoms with Crippen molar-refractivity contribution in [2.24, 2.45) is 0 Å². The maximum absolute atomic E-state index is 12.4. The molecule has 0 N–H and O–H groups in total. The Bertz CT molecular complexity index is 519. The van der Waals surface area contributed by atoms with Gasteiger partial charge in [0.15, 0.2) is 0 Å². The summed E-state index contributed by atoms with van der Waals surface area (Å²) in [6.45, 7) is 9.42. The summed E-state index contributed by atoms with van der Waals surface area (Å²) >= 11 is 0. The standard InChI is InChI=1S/C24H38O4.C3H8/c1-3-5-7-9-11-15-19-27-23(25)21-17-13-14-18-22(21)24(26)28-20-16-12-10-8-6-4-2;1-3-2/h13-14,17-18H,3-12,15-16,19-20H2,1-2H3;3H2,1-2H3. The first kappa shape index (κ1) is 29.2. The van der Waals surface area contributed by atoms with Crippen molar-refractivity contribution in [1.82, 2.24) is 0 Å². The minimum Gasteiger partial charge on any atom is -0.462 e. The van der Waals surface area contributed by atoms with Crippen LogP contribution in [0.15, 0.2) is 24.3 Å². The molecule has 0 radical (unpaired) electrons. The van der Waals surface area contributed by atoms with Crippen LogP contribution in [0.3, 0.4) is 0 Å². The highest BCUT2D eigenvalue weighted by Crippen LogP contribution is 2.14. The van der Waals surface area contributed by atoms with E-state index in [-0.39, 0.29) is 0 Å². The van der Waals surface area contributed by atoms with Crippen LogP contribution in [0.1, 0.15) is 132 Å². The summed E-state index contributed by atoms with van der Waals surface area (Å²) in [5.74, 6) is -0.888. The molecule has 4 nitrogen and oxygen atoms in total. The van der Waals surface area contributed by atoms with Crippen LogP contribution >= 0.6 is 0 Å². The highest BCUT2D eigenvalue weighted by Gasteiger charge is 2.18.